The lowest BCUT2D eigenvalue weighted by molar-refractivity contribution is -0.121. The lowest BCUT2D eigenvalue weighted by Gasteiger charge is -2.17. The van der Waals surface area contributed by atoms with E-state index in [1.54, 1.807) is 6.20 Å². The van der Waals surface area contributed by atoms with Crippen LogP contribution in [0, 0.1) is 17.2 Å². The quantitative estimate of drug-likeness (QED) is 0.834. The molecule has 1 aromatic heterocycles. The lowest BCUT2D eigenvalue weighted by atomic mass is 10.0. The molecule has 1 unspecified atom stereocenters. The highest BCUT2D eigenvalue weighted by molar-refractivity contribution is 5.79. The van der Waals surface area contributed by atoms with Gasteiger partial charge in [-0.3, -0.25) is 9.48 Å². The number of aliphatic hydroxyl groups is 1. The highest BCUT2D eigenvalue weighted by atomic mass is 16.3. The molecule has 1 aliphatic carbocycles. The minimum Gasteiger partial charge on any atom is -0.391 e. The van der Waals surface area contributed by atoms with Crippen molar-refractivity contribution in [3.05, 3.63) is 53.9 Å². The van der Waals surface area contributed by atoms with E-state index in [-0.39, 0.29) is 18.4 Å². The molecule has 1 heterocycles. The van der Waals surface area contributed by atoms with Crippen LogP contribution in [0.1, 0.15) is 24.0 Å². The van der Waals surface area contributed by atoms with Gasteiger partial charge in [0.05, 0.1) is 31.1 Å². The summed E-state index contributed by atoms with van der Waals surface area (Å²) in [4.78, 5) is 12.4. The van der Waals surface area contributed by atoms with Crippen LogP contribution in [0.5, 0.6) is 0 Å². The van der Waals surface area contributed by atoms with Gasteiger partial charge in [-0.15, -0.1) is 0 Å². The number of nitrogens with zero attached hydrogens (tertiary/aromatic N) is 3. The van der Waals surface area contributed by atoms with Gasteiger partial charge in [-0.25, -0.2) is 0 Å². The second-order valence-electron chi connectivity index (χ2n) is 6.59. The van der Waals surface area contributed by atoms with Crippen molar-refractivity contribution < 1.29 is 9.90 Å². The third-order valence-corrected chi connectivity index (χ3v) is 4.72. The normalized spacial score (nSPS) is 22.5. The summed E-state index contributed by atoms with van der Waals surface area (Å²) in [6.07, 6.45) is 5.04. The number of aliphatic hydroxyl groups excluding tert-OH is 1. The Bertz CT molecular complexity index is 751. The number of amides is 1. The molecule has 1 aromatic carbocycles. The lowest BCUT2D eigenvalue weighted by Crippen LogP contribution is -2.40. The van der Waals surface area contributed by atoms with Crippen molar-refractivity contribution in [1.29, 1.82) is 5.26 Å². The molecule has 3 rings (SSSR count). The van der Waals surface area contributed by atoms with Crippen LogP contribution >= 0.6 is 0 Å². The molecule has 6 heteroatoms. The zero-order valence-corrected chi connectivity index (χ0v) is 14.0. The van der Waals surface area contributed by atoms with Gasteiger partial charge in [0.1, 0.15) is 0 Å². The minimum absolute atomic E-state index is 0.117. The Morgan fingerprint density at radius 2 is 2.12 bits per heavy atom. The Balaban J connectivity index is 1.55. The first-order valence-electron chi connectivity index (χ1n) is 8.54. The van der Waals surface area contributed by atoms with Crippen LogP contribution in [0.3, 0.4) is 0 Å². The van der Waals surface area contributed by atoms with Gasteiger partial charge in [-0.05, 0) is 36.0 Å². The fourth-order valence-electron chi connectivity index (χ4n) is 3.51. The maximum absolute atomic E-state index is 12.4. The van der Waals surface area contributed by atoms with Gasteiger partial charge in [0, 0.05) is 18.9 Å². The highest BCUT2D eigenvalue weighted by Gasteiger charge is 2.34. The fraction of sp³-hybridized carbons (Fsp3) is 0.421. The van der Waals surface area contributed by atoms with Crippen molar-refractivity contribution in [1.82, 2.24) is 15.1 Å². The predicted octanol–water partition coefficient (Wildman–Crippen LogP) is 1.45. The largest absolute Gasteiger partial charge is 0.391 e. The zero-order chi connectivity index (χ0) is 17.6. The summed E-state index contributed by atoms with van der Waals surface area (Å²) >= 11 is 0. The van der Waals surface area contributed by atoms with Crippen LogP contribution in [0.15, 0.2) is 42.7 Å². The number of nitrogens with one attached hydrogen (secondary N) is 1. The highest BCUT2D eigenvalue weighted by Crippen LogP contribution is 2.27. The molecule has 25 heavy (non-hydrogen) atoms. The van der Waals surface area contributed by atoms with Gasteiger partial charge in [0.2, 0.25) is 5.91 Å². The first kappa shape index (κ1) is 17.2. The van der Waals surface area contributed by atoms with Crippen molar-refractivity contribution in [3.8, 4) is 6.07 Å². The maximum atomic E-state index is 12.4. The van der Waals surface area contributed by atoms with Crippen LogP contribution in [0.2, 0.25) is 0 Å². The number of hydrogen-bond donors (Lipinski definition) is 2. The molecule has 130 valence electrons. The van der Waals surface area contributed by atoms with E-state index in [1.807, 2.05) is 41.2 Å². The van der Waals surface area contributed by atoms with Gasteiger partial charge >= 0.3 is 0 Å². The molecule has 2 N–H and O–H groups in total. The second kappa shape index (κ2) is 7.95. The van der Waals surface area contributed by atoms with Gasteiger partial charge in [0.25, 0.3) is 0 Å². The first-order valence-corrected chi connectivity index (χ1v) is 8.54. The first-order chi connectivity index (χ1) is 12.2. The molecule has 2 aromatic rings. The van der Waals surface area contributed by atoms with Crippen molar-refractivity contribution in [2.45, 2.75) is 44.4 Å². The van der Waals surface area contributed by atoms with Crippen LogP contribution in [0.4, 0.5) is 0 Å². The fourth-order valence-corrected chi connectivity index (χ4v) is 3.51. The molecule has 0 spiro atoms. The van der Waals surface area contributed by atoms with E-state index in [2.05, 4.69) is 16.5 Å². The molecule has 0 aliphatic heterocycles. The Labute approximate surface area is 147 Å². The van der Waals surface area contributed by atoms with E-state index in [0.29, 0.717) is 18.8 Å². The van der Waals surface area contributed by atoms with Crippen LogP contribution in [-0.4, -0.2) is 32.9 Å². The summed E-state index contributed by atoms with van der Waals surface area (Å²) in [6, 6.07) is 11.3. The van der Waals surface area contributed by atoms with E-state index < -0.39 is 6.10 Å². The average molecular weight is 338 g/mol. The molecule has 0 bridgehead atoms. The molecule has 6 nitrogen and oxygen atoms in total. The Morgan fingerprint density at radius 3 is 2.84 bits per heavy atom. The summed E-state index contributed by atoms with van der Waals surface area (Å²) in [5.41, 5.74) is 1.74. The maximum Gasteiger partial charge on any atom is 0.224 e. The smallest absolute Gasteiger partial charge is 0.224 e. The van der Waals surface area contributed by atoms with E-state index >= 15 is 0 Å². The monoisotopic (exact) mass is 338 g/mol. The molecule has 0 radical (unpaired) electrons. The van der Waals surface area contributed by atoms with Crippen molar-refractivity contribution in [2.75, 3.05) is 0 Å². The number of aromatic nitrogens is 2. The molecule has 1 fully saturated rings. The van der Waals surface area contributed by atoms with Crippen LogP contribution < -0.4 is 5.32 Å². The van der Waals surface area contributed by atoms with Crippen molar-refractivity contribution in [2.24, 2.45) is 5.92 Å². The Morgan fingerprint density at radius 1 is 1.32 bits per heavy atom. The number of benzene rings is 1. The summed E-state index contributed by atoms with van der Waals surface area (Å²) in [7, 11) is 0. The summed E-state index contributed by atoms with van der Waals surface area (Å²) in [5.74, 6) is 0.181. The minimum atomic E-state index is -0.529. The van der Waals surface area contributed by atoms with Gasteiger partial charge in [-0.2, -0.15) is 10.4 Å². The van der Waals surface area contributed by atoms with Crippen LogP contribution in [-0.2, 0) is 24.2 Å². The number of carbonyl (C=O) groups excluding carboxylic acids is 1. The molecular weight excluding hydrogens is 316 g/mol. The molecule has 0 saturated heterocycles. The van der Waals surface area contributed by atoms with Crippen molar-refractivity contribution >= 4 is 5.91 Å². The number of rotatable bonds is 6. The van der Waals surface area contributed by atoms with E-state index in [9.17, 15) is 9.90 Å². The predicted molar refractivity (Wildman–Crippen MR) is 92.4 cm³/mol. The Hall–Kier alpha value is -2.65. The van der Waals surface area contributed by atoms with Gasteiger partial charge in [-0.1, -0.05) is 24.3 Å². The Kier molecular flexibility index (Phi) is 5.46. The zero-order valence-electron chi connectivity index (χ0n) is 14.0. The summed E-state index contributed by atoms with van der Waals surface area (Å²) in [6.45, 7) is 0.751. The van der Waals surface area contributed by atoms with Crippen LogP contribution in [0.25, 0.3) is 0 Å². The molecule has 3 atom stereocenters. The third-order valence-electron chi connectivity index (χ3n) is 4.72. The van der Waals surface area contributed by atoms with E-state index in [0.717, 1.165) is 24.1 Å². The molecular formula is C19H22N4O2. The van der Waals surface area contributed by atoms with Crippen molar-refractivity contribution in [3.63, 3.8) is 0 Å². The summed E-state index contributed by atoms with van der Waals surface area (Å²) < 4.78 is 1.86. The summed E-state index contributed by atoms with van der Waals surface area (Å²) in [5, 5.41) is 26.3. The standard InChI is InChI=1S/C19H22N4O2/c20-7-6-15-4-1-2-5-16(15)12-19(25)22-17-10-14(11-18(17)24)13-23-9-3-8-21-23/h1-5,8-9,14,17-18,24H,6,10-13H2,(H,22,25)/t14?,17-,18-/m1/s1. The van der Waals surface area contributed by atoms with E-state index in [4.69, 9.17) is 5.26 Å². The second-order valence-corrected chi connectivity index (χ2v) is 6.59. The molecule has 1 saturated carbocycles. The topological polar surface area (TPSA) is 90.9 Å². The average Bonchev–Trinajstić information content (AvgIpc) is 3.20. The number of hydrogen-bond acceptors (Lipinski definition) is 4. The van der Waals surface area contributed by atoms with E-state index in [1.165, 1.54) is 0 Å². The SMILES string of the molecule is N#CCc1ccccc1CC(=O)N[C@@H]1CC(Cn2cccn2)C[C@H]1O. The number of carbonyl (C=O) groups is 1. The number of nitriles is 1. The third kappa shape index (κ3) is 4.46. The molecule has 1 aliphatic rings. The molecule has 1 amide bonds. The van der Waals surface area contributed by atoms with Gasteiger partial charge < -0.3 is 10.4 Å². The van der Waals surface area contributed by atoms with Gasteiger partial charge in [0.15, 0.2) is 0 Å².